The van der Waals surface area contributed by atoms with Crippen LogP contribution in [-0.4, -0.2) is 11.7 Å². The SMILES string of the molecule is N#CC1(C(N)=O)[C@H](C(=O)c2ccccc2)[C@@H]1c1ccc(Cl)cc1Cl. The van der Waals surface area contributed by atoms with Gasteiger partial charge in [0.15, 0.2) is 11.2 Å². The summed E-state index contributed by atoms with van der Waals surface area (Å²) in [5, 5.41) is 10.3. The third-order valence-corrected chi connectivity index (χ3v) is 5.00. The molecule has 1 amide bonds. The normalized spacial score (nSPS) is 24.9. The Morgan fingerprint density at radius 1 is 1.12 bits per heavy atom. The van der Waals surface area contributed by atoms with Crippen LogP contribution in [0.3, 0.4) is 0 Å². The fourth-order valence-corrected chi connectivity index (χ4v) is 3.73. The van der Waals surface area contributed by atoms with Crippen LogP contribution in [0.4, 0.5) is 0 Å². The topological polar surface area (TPSA) is 83.9 Å². The summed E-state index contributed by atoms with van der Waals surface area (Å²) in [6, 6.07) is 15.2. The van der Waals surface area contributed by atoms with Crippen molar-refractivity contribution in [1.82, 2.24) is 0 Å². The molecule has 24 heavy (non-hydrogen) atoms. The summed E-state index contributed by atoms with van der Waals surface area (Å²) in [6.45, 7) is 0. The third-order valence-electron chi connectivity index (χ3n) is 4.44. The lowest BCUT2D eigenvalue weighted by atomic mass is 9.98. The average Bonchev–Trinajstić information content (AvgIpc) is 3.25. The van der Waals surface area contributed by atoms with E-state index in [-0.39, 0.29) is 5.78 Å². The molecule has 2 aromatic carbocycles. The van der Waals surface area contributed by atoms with Crippen LogP contribution in [-0.2, 0) is 4.79 Å². The second kappa shape index (κ2) is 5.94. The predicted octanol–water partition coefficient (Wildman–Crippen LogP) is 3.58. The second-order valence-corrected chi connectivity index (χ2v) is 6.54. The van der Waals surface area contributed by atoms with Gasteiger partial charge in [-0.05, 0) is 17.7 Å². The van der Waals surface area contributed by atoms with Crippen LogP contribution in [0.2, 0.25) is 10.0 Å². The number of halogens is 2. The molecule has 0 saturated heterocycles. The molecule has 120 valence electrons. The Morgan fingerprint density at radius 2 is 1.79 bits per heavy atom. The van der Waals surface area contributed by atoms with E-state index >= 15 is 0 Å². The minimum absolute atomic E-state index is 0.299. The van der Waals surface area contributed by atoms with Gasteiger partial charge in [0.05, 0.1) is 12.0 Å². The van der Waals surface area contributed by atoms with E-state index < -0.39 is 23.2 Å². The molecule has 0 aliphatic heterocycles. The van der Waals surface area contributed by atoms with Crippen molar-refractivity contribution in [2.75, 3.05) is 0 Å². The fourth-order valence-electron chi connectivity index (χ4n) is 3.21. The van der Waals surface area contributed by atoms with Gasteiger partial charge in [-0.2, -0.15) is 5.26 Å². The molecule has 2 N–H and O–H groups in total. The number of Topliss-reactive ketones (excluding diaryl/α,β-unsaturated/α-hetero) is 1. The lowest BCUT2D eigenvalue weighted by molar-refractivity contribution is -0.121. The first kappa shape index (κ1) is 16.5. The van der Waals surface area contributed by atoms with Crippen LogP contribution < -0.4 is 5.73 Å². The highest BCUT2D eigenvalue weighted by atomic mass is 35.5. The first-order chi connectivity index (χ1) is 11.4. The maximum Gasteiger partial charge on any atom is 0.239 e. The number of ketones is 1. The van der Waals surface area contributed by atoms with Crippen LogP contribution in [0.25, 0.3) is 0 Å². The number of nitrogens with two attached hydrogens (primary N) is 1. The monoisotopic (exact) mass is 358 g/mol. The lowest BCUT2D eigenvalue weighted by Crippen LogP contribution is -2.28. The Hall–Kier alpha value is -2.35. The smallest absolute Gasteiger partial charge is 0.239 e. The van der Waals surface area contributed by atoms with E-state index in [0.29, 0.717) is 21.2 Å². The van der Waals surface area contributed by atoms with Gasteiger partial charge >= 0.3 is 0 Å². The van der Waals surface area contributed by atoms with E-state index in [9.17, 15) is 14.9 Å². The number of primary amides is 1. The van der Waals surface area contributed by atoms with E-state index in [4.69, 9.17) is 28.9 Å². The fraction of sp³-hybridized carbons (Fsp3) is 0.167. The molecule has 0 bridgehead atoms. The van der Waals surface area contributed by atoms with Gasteiger partial charge in [0, 0.05) is 21.5 Å². The third kappa shape index (κ3) is 2.37. The van der Waals surface area contributed by atoms with Gasteiger partial charge in [0.2, 0.25) is 5.91 Å². The Kier molecular flexibility index (Phi) is 4.08. The summed E-state index contributed by atoms with van der Waals surface area (Å²) in [5.41, 5.74) is 4.83. The quantitative estimate of drug-likeness (QED) is 0.847. The highest BCUT2D eigenvalue weighted by molar-refractivity contribution is 6.35. The maximum absolute atomic E-state index is 12.8. The zero-order chi connectivity index (χ0) is 17.5. The van der Waals surface area contributed by atoms with Gasteiger partial charge in [-0.25, -0.2) is 0 Å². The Bertz CT molecular complexity index is 876. The Morgan fingerprint density at radius 3 is 2.33 bits per heavy atom. The molecule has 6 heteroatoms. The number of hydrogen-bond donors (Lipinski definition) is 1. The summed E-state index contributed by atoms with van der Waals surface area (Å²) in [7, 11) is 0. The van der Waals surface area contributed by atoms with Crippen LogP contribution in [0.1, 0.15) is 21.8 Å². The van der Waals surface area contributed by atoms with Gasteiger partial charge in [-0.3, -0.25) is 9.59 Å². The summed E-state index contributed by atoms with van der Waals surface area (Å²) >= 11 is 12.1. The number of amides is 1. The number of carbonyl (C=O) groups is 2. The summed E-state index contributed by atoms with van der Waals surface area (Å²) in [6.07, 6.45) is 0. The molecule has 0 radical (unpaired) electrons. The van der Waals surface area contributed by atoms with E-state index in [1.54, 1.807) is 42.5 Å². The van der Waals surface area contributed by atoms with Crippen molar-refractivity contribution in [3.05, 3.63) is 69.7 Å². The maximum atomic E-state index is 12.8. The molecule has 1 aliphatic rings. The highest BCUT2D eigenvalue weighted by Gasteiger charge is 2.73. The molecule has 0 spiro atoms. The summed E-state index contributed by atoms with van der Waals surface area (Å²) < 4.78 is 0. The van der Waals surface area contributed by atoms with Crippen molar-refractivity contribution in [3.8, 4) is 6.07 Å². The van der Waals surface area contributed by atoms with E-state index in [2.05, 4.69) is 0 Å². The molecule has 3 rings (SSSR count). The van der Waals surface area contributed by atoms with E-state index in [1.807, 2.05) is 6.07 Å². The predicted molar refractivity (Wildman–Crippen MR) is 90.7 cm³/mol. The van der Waals surface area contributed by atoms with Crippen LogP contribution in [0, 0.1) is 22.7 Å². The van der Waals surface area contributed by atoms with Crippen molar-refractivity contribution < 1.29 is 9.59 Å². The molecule has 1 saturated carbocycles. The summed E-state index contributed by atoms with van der Waals surface area (Å²) in [5.74, 6) is -2.67. The first-order valence-electron chi connectivity index (χ1n) is 7.19. The number of benzene rings is 2. The van der Waals surface area contributed by atoms with Gasteiger partial charge in [-0.15, -0.1) is 0 Å². The van der Waals surface area contributed by atoms with E-state index in [1.165, 1.54) is 6.07 Å². The zero-order valence-corrected chi connectivity index (χ0v) is 13.9. The minimum Gasteiger partial charge on any atom is -0.368 e. The van der Waals surface area contributed by atoms with Crippen molar-refractivity contribution in [3.63, 3.8) is 0 Å². The van der Waals surface area contributed by atoms with Crippen LogP contribution in [0.5, 0.6) is 0 Å². The van der Waals surface area contributed by atoms with Gasteiger partial charge in [0.25, 0.3) is 0 Å². The molecular weight excluding hydrogens is 347 g/mol. The molecule has 1 unspecified atom stereocenters. The number of hydrogen-bond acceptors (Lipinski definition) is 3. The molecule has 4 nitrogen and oxygen atoms in total. The molecule has 1 fully saturated rings. The number of rotatable bonds is 4. The van der Waals surface area contributed by atoms with Crippen LogP contribution in [0.15, 0.2) is 48.5 Å². The lowest BCUT2D eigenvalue weighted by Gasteiger charge is -2.05. The molecule has 0 aromatic heterocycles. The van der Waals surface area contributed by atoms with Gasteiger partial charge in [0.1, 0.15) is 0 Å². The Balaban J connectivity index is 2.09. The summed E-state index contributed by atoms with van der Waals surface area (Å²) in [4.78, 5) is 24.8. The highest BCUT2D eigenvalue weighted by Crippen LogP contribution is 2.66. The van der Waals surface area contributed by atoms with Crippen LogP contribution >= 0.6 is 23.2 Å². The molecule has 3 atom stereocenters. The zero-order valence-electron chi connectivity index (χ0n) is 12.4. The molecule has 0 heterocycles. The minimum atomic E-state index is -1.59. The van der Waals surface area contributed by atoms with Crippen molar-refractivity contribution in [2.24, 2.45) is 17.1 Å². The first-order valence-corrected chi connectivity index (χ1v) is 7.94. The second-order valence-electron chi connectivity index (χ2n) is 5.70. The van der Waals surface area contributed by atoms with E-state index in [0.717, 1.165) is 0 Å². The molecule has 1 aliphatic carbocycles. The van der Waals surface area contributed by atoms with Crippen molar-refractivity contribution in [2.45, 2.75) is 5.92 Å². The standard InChI is InChI=1S/C18H12Cl2N2O2/c19-11-6-7-12(13(20)8-11)14-15(18(14,9-21)17(22)24)16(23)10-4-2-1-3-5-10/h1-8,14-15H,(H2,22,24)/t14-,15-,18?/m0/s1. The van der Waals surface area contributed by atoms with Gasteiger partial charge < -0.3 is 5.73 Å². The molecular formula is C18H12Cl2N2O2. The van der Waals surface area contributed by atoms with Gasteiger partial charge in [-0.1, -0.05) is 59.6 Å². The number of nitriles is 1. The average molecular weight is 359 g/mol. The Labute approximate surface area is 148 Å². The van der Waals surface area contributed by atoms with Crippen molar-refractivity contribution >= 4 is 34.9 Å². The number of carbonyl (C=O) groups excluding carboxylic acids is 2. The number of nitrogens with zero attached hydrogens (tertiary/aromatic N) is 1. The van der Waals surface area contributed by atoms with Crippen molar-refractivity contribution in [1.29, 1.82) is 5.26 Å². The molecule has 2 aromatic rings. The largest absolute Gasteiger partial charge is 0.368 e.